The maximum Gasteiger partial charge on any atom is 0.142 e. The average molecular weight is 241 g/mol. The van der Waals surface area contributed by atoms with Crippen LogP contribution in [0.2, 0.25) is 5.02 Å². The molecule has 1 heterocycles. The second kappa shape index (κ2) is 5.53. The molecule has 0 fully saturated rings. The van der Waals surface area contributed by atoms with Crippen molar-refractivity contribution in [2.75, 3.05) is 26.2 Å². The molecule has 88 valence electrons. The van der Waals surface area contributed by atoms with E-state index in [0.29, 0.717) is 11.6 Å². The molecule has 0 radical (unpaired) electrons. The lowest BCUT2D eigenvalue weighted by molar-refractivity contribution is 0.225. The van der Waals surface area contributed by atoms with Gasteiger partial charge in [0.15, 0.2) is 0 Å². The van der Waals surface area contributed by atoms with E-state index >= 15 is 0 Å². The van der Waals surface area contributed by atoms with Crippen molar-refractivity contribution in [3.05, 3.63) is 28.8 Å². The Hall–Kier alpha value is -0.770. The van der Waals surface area contributed by atoms with Crippen molar-refractivity contribution < 1.29 is 4.74 Å². The minimum atomic E-state index is 0.696. The number of fused-ring (bicyclic) bond motifs is 1. The molecule has 4 heteroatoms. The average Bonchev–Trinajstić information content (AvgIpc) is 2.49. The van der Waals surface area contributed by atoms with Crippen LogP contribution in [0.15, 0.2) is 18.2 Å². The summed E-state index contributed by atoms with van der Waals surface area (Å²) in [6, 6.07) is 5.91. The summed E-state index contributed by atoms with van der Waals surface area (Å²) in [7, 11) is 0. The van der Waals surface area contributed by atoms with Crippen molar-refractivity contribution in [1.82, 2.24) is 4.90 Å². The van der Waals surface area contributed by atoms with Crippen LogP contribution in [-0.2, 0) is 6.54 Å². The predicted octanol–water partition coefficient (Wildman–Crippen LogP) is 1.88. The summed E-state index contributed by atoms with van der Waals surface area (Å²) in [6.45, 7) is 4.29. The number of halogens is 1. The van der Waals surface area contributed by atoms with Gasteiger partial charge in [0.2, 0.25) is 0 Å². The number of hydrogen-bond donors (Lipinski definition) is 1. The number of nitrogens with two attached hydrogens (primary N) is 1. The fraction of sp³-hybridized carbons (Fsp3) is 0.500. The molecule has 2 N–H and O–H groups in total. The summed E-state index contributed by atoms with van der Waals surface area (Å²) in [6.07, 6.45) is 1.02. The van der Waals surface area contributed by atoms with E-state index in [-0.39, 0.29) is 0 Å². The first-order chi connectivity index (χ1) is 7.81. The Kier molecular flexibility index (Phi) is 4.04. The molecule has 1 aromatic carbocycles. The first-order valence-corrected chi connectivity index (χ1v) is 6.01. The zero-order valence-electron chi connectivity index (χ0n) is 9.29. The van der Waals surface area contributed by atoms with E-state index < -0.39 is 0 Å². The highest BCUT2D eigenvalue weighted by Crippen LogP contribution is 2.31. The molecule has 0 amide bonds. The van der Waals surface area contributed by atoms with E-state index in [1.165, 1.54) is 5.56 Å². The third-order valence-corrected chi connectivity index (χ3v) is 3.07. The Balaban J connectivity index is 2.11. The van der Waals surface area contributed by atoms with Crippen molar-refractivity contribution in [1.29, 1.82) is 0 Å². The lowest BCUT2D eigenvalue weighted by Crippen LogP contribution is -2.28. The molecule has 0 bridgehead atoms. The summed E-state index contributed by atoms with van der Waals surface area (Å²) in [5, 5.41) is 0.707. The summed E-state index contributed by atoms with van der Waals surface area (Å²) in [4.78, 5) is 2.36. The lowest BCUT2D eigenvalue weighted by atomic mass is 10.2. The maximum absolute atomic E-state index is 6.10. The van der Waals surface area contributed by atoms with Crippen molar-refractivity contribution >= 4 is 11.6 Å². The first-order valence-electron chi connectivity index (χ1n) is 5.64. The number of rotatable bonds is 3. The number of hydrogen-bond acceptors (Lipinski definition) is 3. The zero-order chi connectivity index (χ0) is 11.4. The van der Waals surface area contributed by atoms with Crippen molar-refractivity contribution in [3.8, 4) is 5.75 Å². The van der Waals surface area contributed by atoms with Crippen LogP contribution in [0.5, 0.6) is 5.75 Å². The molecule has 0 atom stereocenters. The van der Waals surface area contributed by atoms with Gasteiger partial charge in [-0.3, -0.25) is 4.90 Å². The summed E-state index contributed by atoms with van der Waals surface area (Å²) in [5.41, 5.74) is 6.69. The van der Waals surface area contributed by atoms with Crippen LogP contribution < -0.4 is 10.5 Å². The van der Waals surface area contributed by atoms with Crippen LogP contribution in [0, 0.1) is 0 Å². The van der Waals surface area contributed by atoms with Crippen molar-refractivity contribution in [3.63, 3.8) is 0 Å². The van der Waals surface area contributed by atoms with Gasteiger partial charge in [-0.15, -0.1) is 0 Å². The van der Waals surface area contributed by atoms with Gasteiger partial charge in [0.1, 0.15) is 12.4 Å². The normalized spacial score (nSPS) is 16.4. The molecule has 0 aliphatic carbocycles. The standard InChI is InChI=1S/C12H17ClN2O/c13-11-4-1-3-10-9-15(6-2-5-14)7-8-16-12(10)11/h1,3-4H,2,5-9,14H2. The summed E-state index contributed by atoms with van der Waals surface area (Å²) >= 11 is 6.10. The Morgan fingerprint density at radius 3 is 3.12 bits per heavy atom. The zero-order valence-corrected chi connectivity index (χ0v) is 10.0. The maximum atomic E-state index is 6.10. The molecular formula is C12H17ClN2O. The van der Waals surface area contributed by atoms with Gasteiger partial charge in [-0.1, -0.05) is 23.7 Å². The van der Waals surface area contributed by atoms with Crippen LogP contribution in [0.1, 0.15) is 12.0 Å². The van der Waals surface area contributed by atoms with Crippen molar-refractivity contribution in [2.24, 2.45) is 5.73 Å². The highest BCUT2D eigenvalue weighted by Gasteiger charge is 2.16. The Labute approximate surface area is 101 Å². The SMILES string of the molecule is NCCCN1CCOc2c(Cl)cccc2C1. The highest BCUT2D eigenvalue weighted by atomic mass is 35.5. The second-order valence-corrected chi connectivity index (χ2v) is 4.40. The molecule has 0 saturated carbocycles. The van der Waals surface area contributed by atoms with Crippen LogP contribution in [0.3, 0.4) is 0 Å². The Morgan fingerprint density at radius 2 is 2.31 bits per heavy atom. The molecular weight excluding hydrogens is 224 g/mol. The molecule has 1 aromatic rings. The third kappa shape index (κ3) is 2.67. The molecule has 0 saturated heterocycles. The largest absolute Gasteiger partial charge is 0.490 e. The van der Waals surface area contributed by atoms with Gasteiger partial charge in [0.25, 0.3) is 0 Å². The van der Waals surface area contributed by atoms with E-state index in [1.54, 1.807) is 0 Å². The molecule has 0 spiro atoms. The van der Waals surface area contributed by atoms with Gasteiger partial charge in [-0.2, -0.15) is 0 Å². The van der Waals surface area contributed by atoms with E-state index in [0.717, 1.165) is 38.3 Å². The smallest absolute Gasteiger partial charge is 0.142 e. The predicted molar refractivity (Wildman–Crippen MR) is 65.9 cm³/mol. The van der Waals surface area contributed by atoms with E-state index in [9.17, 15) is 0 Å². The van der Waals surface area contributed by atoms with Crippen molar-refractivity contribution in [2.45, 2.75) is 13.0 Å². The van der Waals surface area contributed by atoms with Crippen LogP contribution >= 0.6 is 11.6 Å². The number of nitrogens with zero attached hydrogens (tertiary/aromatic N) is 1. The van der Waals surface area contributed by atoms with Gasteiger partial charge in [-0.25, -0.2) is 0 Å². The van der Waals surface area contributed by atoms with Gasteiger partial charge < -0.3 is 10.5 Å². The van der Waals surface area contributed by atoms with Crippen LogP contribution in [0.4, 0.5) is 0 Å². The van der Waals surface area contributed by atoms with Gasteiger partial charge in [0, 0.05) is 18.7 Å². The third-order valence-electron chi connectivity index (χ3n) is 2.77. The minimum Gasteiger partial charge on any atom is -0.490 e. The molecule has 3 nitrogen and oxygen atoms in total. The molecule has 1 aliphatic rings. The van der Waals surface area contributed by atoms with Crippen LogP contribution in [-0.4, -0.2) is 31.1 Å². The highest BCUT2D eigenvalue weighted by molar-refractivity contribution is 6.32. The fourth-order valence-corrected chi connectivity index (χ4v) is 2.19. The summed E-state index contributed by atoms with van der Waals surface area (Å²) < 4.78 is 5.68. The molecule has 0 unspecified atom stereocenters. The minimum absolute atomic E-state index is 0.696. The number of para-hydroxylation sites is 1. The molecule has 0 aromatic heterocycles. The monoisotopic (exact) mass is 240 g/mol. The number of ether oxygens (including phenoxy) is 1. The number of benzene rings is 1. The Bertz CT molecular complexity index is 357. The Morgan fingerprint density at radius 1 is 1.44 bits per heavy atom. The van der Waals surface area contributed by atoms with Gasteiger partial charge >= 0.3 is 0 Å². The van der Waals surface area contributed by atoms with E-state index in [4.69, 9.17) is 22.1 Å². The van der Waals surface area contributed by atoms with Crippen LogP contribution in [0.25, 0.3) is 0 Å². The first kappa shape index (κ1) is 11.7. The van der Waals surface area contributed by atoms with E-state index in [2.05, 4.69) is 11.0 Å². The fourth-order valence-electron chi connectivity index (χ4n) is 1.94. The van der Waals surface area contributed by atoms with Gasteiger partial charge in [-0.05, 0) is 25.6 Å². The topological polar surface area (TPSA) is 38.5 Å². The summed E-state index contributed by atoms with van der Waals surface area (Å²) in [5.74, 6) is 0.847. The van der Waals surface area contributed by atoms with Gasteiger partial charge in [0.05, 0.1) is 5.02 Å². The molecule has 2 rings (SSSR count). The van der Waals surface area contributed by atoms with E-state index in [1.807, 2.05) is 12.1 Å². The molecule has 16 heavy (non-hydrogen) atoms. The second-order valence-electron chi connectivity index (χ2n) is 3.99. The molecule has 1 aliphatic heterocycles. The quantitative estimate of drug-likeness (QED) is 0.877. The lowest BCUT2D eigenvalue weighted by Gasteiger charge is -2.18.